The summed E-state index contributed by atoms with van der Waals surface area (Å²) in [5.74, 6) is -0.416. The molecule has 1 rings (SSSR count). The number of carbonyl (C=O) groups is 2. The minimum absolute atomic E-state index is 0.0746. The van der Waals surface area contributed by atoms with E-state index in [1.165, 1.54) is 17.7 Å². The highest BCUT2D eigenvalue weighted by atomic mass is 16.5. The van der Waals surface area contributed by atoms with Gasteiger partial charge in [0.1, 0.15) is 6.61 Å². The zero-order valence-electron chi connectivity index (χ0n) is 12.6. The molecule has 0 aromatic carbocycles. The van der Waals surface area contributed by atoms with Crippen LogP contribution in [0.5, 0.6) is 5.75 Å². The molecule has 0 aliphatic rings. The van der Waals surface area contributed by atoms with E-state index >= 15 is 0 Å². The van der Waals surface area contributed by atoms with Crippen LogP contribution in [0, 0.1) is 11.8 Å². The van der Waals surface area contributed by atoms with Crippen LogP contribution in [0.1, 0.15) is 38.2 Å². The maximum Gasteiger partial charge on any atom is 0.293 e. The average molecular weight is 279 g/mol. The van der Waals surface area contributed by atoms with Gasteiger partial charge in [0.2, 0.25) is 0 Å². The van der Waals surface area contributed by atoms with Gasteiger partial charge in [-0.1, -0.05) is 27.7 Å². The number of carbonyl (C=O) groups excluding carboxylic acids is 2. The van der Waals surface area contributed by atoms with Crippen LogP contribution in [-0.2, 0) is 11.8 Å². The Bertz CT molecular complexity index is 570. The molecule has 0 atom stereocenters. The molecule has 0 unspecified atom stereocenters. The first-order valence-electron chi connectivity index (χ1n) is 6.65. The molecule has 1 aromatic rings. The monoisotopic (exact) mass is 279 g/mol. The van der Waals surface area contributed by atoms with Gasteiger partial charge in [-0.3, -0.25) is 14.4 Å². The fourth-order valence-corrected chi connectivity index (χ4v) is 1.58. The average Bonchev–Trinajstić information content (AvgIpc) is 2.39. The van der Waals surface area contributed by atoms with Crippen molar-refractivity contribution in [2.24, 2.45) is 18.9 Å². The molecule has 1 heterocycles. The fourth-order valence-electron chi connectivity index (χ4n) is 1.58. The minimum atomic E-state index is -0.409. The van der Waals surface area contributed by atoms with E-state index in [2.05, 4.69) is 0 Å². The van der Waals surface area contributed by atoms with Gasteiger partial charge in [0.05, 0.1) is 5.69 Å². The van der Waals surface area contributed by atoms with Gasteiger partial charge in [-0.25, -0.2) is 0 Å². The van der Waals surface area contributed by atoms with Crippen molar-refractivity contribution in [1.82, 2.24) is 4.57 Å². The first-order chi connectivity index (χ1) is 9.25. The van der Waals surface area contributed by atoms with Crippen LogP contribution in [-0.4, -0.2) is 22.7 Å². The highest BCUT2D eigenvalue weighted by Gasteiger charge is 2.17. The van der Waals surface area contributed by atoms with E-state index in [1.807, 2.05) is 0 Å². The lowest BCUT2D eigenvalue weighted by atomic mass is 10.1. The second-order valence-corrected chi connectivity index (χ2v) is 5.38. The van der Waals surface area contributed by atoms with Crippen LogP contribution in [0.15, 0.2) is 16.9 Å². The zero-order chi connectivity index (χ0) is 15.4. The van der Waals surface area contributed by atoms with Gasteiger partial charge in [-0.05, 0) is 12.1 Å². The van der Waals surface area contributed by atoms with E-state index in [0.717, 1.165) is 0 Å². The quantitative estimate of drug-likeness (QED) is 0.745. The molecule has 0 radical (unpaired) electrons. The van der Waals surface area contributed by atoms with Gasteiger partial charge in [0.25, 0.3) is 5.56 Å². The van der Waals surface area contributed by atoms with Gasteiger partial charge in [0, 0.05) is 18.9 Å². The van der Waals surface area contributed by atoms with E-state index in [9.17, 15) is 14.4 Å². The molecule has 0 saturated carbocycles. The Morgan fingerprint density at radius 3 is 2.25 bits per heavy atom. The summed E-state index contributed by atoms with van der Waals surface area (Å²) in [6, 6.07) is 3.00. The number of nitrogens with zero attached hydrogens (tertiary/aromatic N) is 1. The summed E-state index contributed by atoms with van der Waals surface area (Å²) >= 11 is 0. The molecule has 0 spiro atoms. The molecule has 5 nitrogen and oxygen atoms in total. The number of Topliss-reactive ketones (excluding diaryl/α,β-unsaturated/α-hetero) is 2. The first kappa shape index (κ1) is 16.1. The number of hydrogen-bond donors (Lipinski definition) is 0. The Hall–Kier alpha value is -1.91. The zero-order valence-corrected chi connectivity index (χ0v) is 12.6. The number of pyridine rings is 1. The molecule has 0 saturated heterocycles. The molecule has 0 aliphatic heterocycles. The van der Waals surface area contributed by atoms with Crippen LogP contribution in [0.3, 0.4) is 0 Å². The lowest BCUT2D eigenvalue weighted by Gasteiger charge is -2.12. The van der Waals surface area contributed by atoms with Crippen molar-refractivity contribution >= 4 is 11.6 Å². The van der Waals surface area contributed by atoms with Crippen molar-refractivity contribution in [3.05, 3.63) is 28.2 Å². The largest absolute Gasteiger partial charge is 0.480 e. The molecular formula is C15H21NO4. The number of ketones is 2. The number of rotatable bonds is 6. The van der Waals surface area contributed by atoms with Gasteiger partial charge >= 0.3 is 0 Å². The van der Waals surface area contributed by atoms with Crippen molar-refractivity contribution < 1.29 is 14.3 Å². The van der Waals surface area contributed by atoms with Gasteiger partial charge in [-0.15, -0.1) is 0 Å². The molecule has 0 bridgehead atoms. The van der Waals surface area contributed by atoms with Crippen molar-refractivity contribution in [2.75, 3.05) is 6.61 Å². The molecule has 0 fully saturated rings. The van der Waals surface area contributed by atoms with E-state index in [-0.39, 0.29) is 35.8 Å². The van der Waals surface area contributed by atoms with Gasteiger partial charge in [-0.2, -0.15) is 0 Å². The van der Waals surface area contributed by atoms with E-state index < -0.39 is 5.56 Å². The fraction of sp³-hybridized carbons (Fsp3) is 0.533. The highest BCUT2D eigenvalue weighted by molar-refractivity contribution is 5.95. The summed E-state index contributed by atoms with van der Waals surface area (Å²) in [6.07, 6.45) is 0. The molecule has 0 N–H and O–H groups in total. The van der Waals surface area contributed by atoms with Crippen molar-refractivity contribution in [3.63, 3.8) is 0 Å². The van der Waals surface area contributed by atoms with E-state index in [0.29, 0.717) is 5.69 Å². The third-order valence-electron chi connectivity index (χ3n) is 3.06. The maximum absolute atomic E-state index is 12.1. The van der Waals surface area contributed by atoms with Crippen LogP contribution in [0.4, 0.5) is 0 Å². The van der Waals surface area contributed by atoms with E-state index in [1.54, 1.807) is 33.8 Å². The Balaban J connectivity index is 2.98. The molecule has 5 heteroatoms. The van der Waals surface area contributed by atoms with Crippen molar-refractivity contribution in [2.45, 2.75) is 27.7 Å². The van der Waals surface area contributed by atoms with Crippen molar-refractivity contribution in [1.29, 1.82) is 0 Å². The summed E-state index contributed by atoms with van der Waals surface area (Å²) < 4.78 is 6.50. The number of hydrogen-bond acceptors (Lipinski definition) is 4. The molecule has 1 aromatic heterocycles. The second-order valence-electron chi connectivity index (χ2n) is 5.38. The molecule has 110 valence electrons. The smallest absolute Gasteiger partial charge is 0.293 e. The summed E-state index contributed by atoms with van der Waals surface area (Å²) in [6.45, 7) is 6.96. The third-order valence-corrected chi connectivity index (χ3v) is 3.06. The Labute approximate surface area is 118 Å². The Morgan fingerprint density at radius 1 is 1.15 bits per heavy atom. The summed E-state index contributed by atoms with van der Waals surface area (Å²) in [5, 5.41) is 0. The summed E-state index contributed by atoms with van der Waals surface area (Å²) in [7, 11) is 1.52. The van der Waals surface area contributed by atoms with Crippen LogP contribution in [0.25, 0.3) is 0 Å². The Morgan fingerprint density at radius 2 is 1.75 bits per heavy atom. The minimum Gasteiger partial charge on any atom is -0.480 e. The SMILES string of the molecule is CC(C)C(=O)COc1ccc(C(=O)C(C)C)n(C)c1=O. The first-order valence-corrected chi connectivity index (χ1v) is 6.65. The predicted molar refractivity (Wildman–Crippen MR) is 76.2 cm³/mol. The normalized spacial score (nSPS) is 10.9. The second kappa shape index (κ2) is 6.50. The van der Waals surface area contributed by atoms with Gasteiger partial charge in [0.15, 0.2) is 17.3 Å². The molecule has 0 amide bonds. The van der Waals surface area contributed by atoms with Crippen molar-refractivity contribution in [3.8, 4) is 5.75 Å². The molecular weight excluding hydrogens is 258 g/mol. The highest BCUT2D eigenvalue weighted by Crippen LogP contribution is 2.10. The number of aromatic nitrogens is 1. The van der Waals surface area contributed by atoms with Gasteiger partial charge < -0.3 is 9.30 Å². The summed E-state index contributed by atoms with van der Waals surface area (Å²) in [5.41, 5.74) is -0.0689. The topological polar surface area (TPSA) is 65.4 Å². The Kier molecular flexibility index (Phi) is 5.25. The van der Waals surface area contributed by atoms with E-state index in [4.69, 9.17) is 4.74 Å². The number of ether oxygens (including phenoxy) is 1. The maximum atomic E-state index is 12.1. The lowest BCUT2D eigenvalue weighted by molar-refractivity contribution is -0.123. The molecule has 20 heavy (non-hydrogen) atoms. The van der Waals surface area contributed by atoms with Crippen LogP contribution < -0.4 is 10.3 Å². The third kappa shape index (κ3) is 3.56. The lowest BCUT2D eigenvalue weighted by Crippen LogP contribution is -2.27. The summed E-state index contributed by atoms with van der Waals surface area (Å²) in [4.78, 5) is 35.5. The molecule has 0 aliphatic carbocycles. The van der Waals surface area contributed by atoms with Crippen LogP contribution in [0.2, 0.25) is 0 Å². The standard InChI is InChI=1S/C15H21NO4/c1-9(2)12(17)8-20-13-7-6-11(14(18)10(3)4)16(5)15(13)19/h6-7,9-10H,8H2,1-5H3. The predicted octanol–water partition coefficient (Wildman–Crippen LogP) is 1.83. The van der Waals surface area contributed by atoms with Crippen LogP contribution >= 0.6 is 0 Å².